The van der Waals surface area contributed by atoms with Crippen LogP contribution in [-0.4, -0.2) is 45.0 Å². The van der Waals surface area contributed by atoms with Crippen molar-refractivity contribution in [3.8, 4) is 0 Å². The molecule has 1 aromatic heterocycles. The zero-order chi connectivity index (χ0) is 22.0. The van der Waals surface area contributed by atoms with Crippen molar-refractivity contribution in [2.75, 3.05) is 19.6 Å². The summed E-state index contributed by atoms with van der Waals surface area (Å²) in [7, 11) is -3.49. The Morgan fingerprint density at radius 2 is 1.94 bits per heavy atom. The number of carbonyl (C=O) groups excluding carboxylic acids is 1. The highest BCUT2D eigenvalue weighted by atomic mass is 35.5. The zero-order valence-electron chi connectivity index (χ0n) is 17.5. The first-order chi connectivity index (χ1) is 14.8. The van der Waals surface area contributed by atoms with E-state index >= 15 is 0 Å². The summed E-state index contributed by atoms with van der Waals surface area (Å²) in [4.78, 5) is 14.7. The molecule has 2 aromatic rings. The van der Waals surface area contributed by atoms with Crippen LogP contribution in [0.1, 0.15) is 36.3 Å². The number of nitrogens with zero attached hydrogens (tertiary/aromatic N) is 1. The van der Waals surface area contributed by atoms with Gasteiger partial charge in [-0.15, -0.1) is 0 Å². The molecule has 0 spiro atoms. The van der Waals surface area contributed by atoms with Crippen LogP contribution in [-0.2, 0) is 21.2 Å². The standard InChI is InChI=1S/C22H28ClN3O4S/c1-15-20(16-4-6-18(23)7-5-16)31(28,29)25-21(15)26-12-9-17(10-13-26)22(27)24-11-8-19-3-2-14-30-19/h2-7,14-15,17,20-21,25H,8-13H2,1H3,(H,24,27). The van der Waals surface area contributed by atoms with Crippen molar-refractivity contribution in [1.82, 2.24) is 14.9 Å². The van der Waals surface area contributed by atoms with Crippen LogP contribution < -0.4 is 10.0 Å². The number of carbonyl (C=O) groups is 1. The lowest BCUT2D eigenvalue weighted by molar-refractivity contribution is -0.126. The molecule has 3 atom stereocenters. The predicted molar refractivity (Wildman–Crippen MR) is 119 cm³/mol. The number of sulfonamides is 1. The Bertz CT molecular complexity index is 986. The fourth-order valence-electron chi connectivity index (χ4n) is 4.69. The number of furan rings is 1. The Morgan fingerprint density at radius 3 is 2.58 bits per heavy atom. The minimum Gasteiger partial charge on any atom is -0.469 e. The van der Waals surface area contributed by atoms with Crippen LogP contribution in [0.5, 0.6) is 0 Å². The first-order valence-electron chi connectivity index (χ1n) is 10.7. The van der Waals surface area contributed by atoms with Gasteiger partial charge in [0.2, 0.25) is 15.9 Å². The molecule has 168 valence electrons. The zero-order valence-corrected chi connectivity index (χ0v) is 19.0. The molecule has 0 bridgehead atoms. The van der Waals surface area contributed by atoms with Gasteiger partial charge in [0.05, 0.1) is 12.4 Å². The van der Waals surface area contributed by atoms with E-state index in [1.54, 1.807) is 30.5 Å². The highest BCUT2D eigenvalue weighted by molar-refractivity contribution is 7.90. The molecule has 4 rings (SSSR count). The summed E-state index contributed by atoms with van der Waals surface area (Å²) in [5.41, 5.74) is 0.748. The molecule has 3 heterocycles. The van der Waals surface area contributed by atoms with Crippen LogP contribution >= 0.6 is 11.6 Å². The van der Waals surface area contributed by atoms with Crippen LogP contribution in [0.15, 0.2) is 47.1 Å². The number of rotatable bonds is 6. The third-order valence-corrected chi connectivity index (χ3v) is 8.53. The number of likely N-dealkylation sites (tertiary alicyclic amines) is 1. The molecule has 2 aliphatic heterocycles. The van der Waals surface area contributed by atoms with Crippen molar-refractivity contribution in [2.45, 2.75) is 37.6 Å². The smallest absolute Gasteiger partial charge is 0.223 e. The lowest BCUT2D eigenvalue weighted by atomic mass is 9.92. The van der Waals surface area contributed by atoms with Crippen LogP contribution in [0.25, 0.3) is 0 Å². The third kappa shape index (κ3) is 4.98. The molecule has 9 heteroatoms. The average molecular weight is 466 g/mol. The molecule has 31 heavy (non-hydrogen) atoms. The number of piperidine rings is 1. The van der Waals surface area contributed by atoms with Gasteiger partial charge >= 0.3 is 0 Å². The summed E-state index contributed by atoms with van der Waals surface area (Å²) in [6.07, 6.45) is 3.45. The molecule has 2 N–H and O–H groups in total. The highest BCUT2D eigenvalue weighted by Crippen LogP contribution is 2.40. The monoisotopic (exact) mass is 465 g/mol. The van der Waals surface area contributed by atoms with E-state index in [2.05, 4.69) is 14.9 Å². The lowest BCUT2D eigenvalue weighted by Crippen LogP contribution is -2.50. The molecular formula is C22H28ClN3O4S. The van der Waals surface area contributed by atoms with Gasteiger partial charge in [-0.25, -0.2) is 8.42 Å². The van der Waals surface area contributed by atoms with Gasteiger partial charge in [0, 0.05) is 42.9 Å². The van der Waals surface area contributed by atoms with Gasteiger partial charge in [0.25, 0.3) is 0 Å². The van der Waals surface area contributed by atoms with E-state index in [9.17, 15) is 13.2 Å². The number of benzene rings is 1. The molecule has 3 unspecified atom stereocenters. The van der Waals surface area contributed by atoms with Gasteiger partial charge in [0.15, 0.2) is 0 Å². The van der Waals surface area contributed by atoms with Crippen molar-refractivity contribution in [2.24, 2.45) is 11.8 Å². The number of amides is 1. The molecule has 1 aromatic carbocycles. The molecule has 1 amide bonds. The Balaban J connectivity index is 1.32. The number of hydrogen-bond acceptors (Lipinski definition) is 5. The highest BCUT2D eigenvalue weighted by Gasteiger charge is 2.48. The van der Waals surface area contributed by atoms with Crippen molar-refractivity contribution >= 4 is 27.5 Å². The second kappa shape index (κ2) is 9.32. The summed E-state index contributed by atoms with van der Waals surface area (Å²) in [5, 5.41) is 2.96. The molecular weight excluding hydrogens is 438 g/mol. The molecule has 2 aliphatic rings. The average Bonchev–Trinajstić information content (AvgIpc) is 3.35. The Morgan fingerprint density at radius 1 is 1.23 bits per heavy atom. The van der Waals surface area contributed by atoms with E-state index in [0.717, 1.165) is 11.3 Å². The van der Waals surface area contributed by atoms with Crippen LogP contribution in [0.4, 0.5) is 0 Å². The second-order valence-electron chi connectivity index (χ2n) is 8.37. The summed E-state index contributed by atoms with van der Waals surface area (Å²) in [6.45, 7) is 3.88. The summed E-state index contributed by atoms with van der Waals surface area (Å²) in [6, 6.07) is 10.7. The van der Waals surface area contributed by atoms with Gasteiger partial charge in [-0.1, -0.05) is 30.7 Å². The van der Waals surface area contributed by atoms with E-state index in [4.69, 9.17) is 16.0 Å². The maximum Gasteiger partial charge on any atom is 0.223 e. The Hall–Kier alpha value is -1.87. The van der Waals surface area contributed by atoms with Crippen molar-refractivity contribution in [3.63, 3.8) is 0 Å². The quantitative estimate of drug-likeness (QED) is 0.684. The molecule has 0 saturated carbocycles. The van der Waals surface area contributed by atoms with Crippen molar-refractivity contribution in [3.05, 3.63) is 59.0 Å². The van der Waals surface area contributed by atoms with E-state index in [1.165, 1.54) is 0 Å². The third-order valence-electron chi connectivity index (χ3n) is 6.34. The normalized spacial score (nSPS) is 26.7. The van der Waals surface area contributed by atoms with Crippen molar-refractivity contribution in [1.29, 1.82) is 0 Å². The van der Waals surface area contributed by atoms with Crippen LogP contribution in [0, 0.1) is 11.8 Å². The van der Waals surface area contributed by atoms with E-state index in [0.29, 0.717) is 43.9 Å². The van der Waals surface area contributed by atoms with Crippen LogP contribution in [0.2, 0.25) is 5.02 Å². The lowest BCUT2D eigenvalue weighted by Gasteiger charge is -2.36. The topological polar surface area (TPSA) is 91.7 Å². The van der Waals surface area contributed by atoms with Gasteiger partial charge < -0.3 is 9.73 Å². The van der Waals surface area contributed by atoms with E-state index < -0.39 is 15.3 Å². The van der Waals surface area contributed by atoms with Gasteiger partial charge in [-0.3, -0.25) is 9.69 Å². The minimum atomic E-state index is -3.49. The summed E-state index contributed by atoms with van der Waals surface area (Å²) in [5.74, 6) is 0.747. The summed E-state index contributed by atoms with van der Waals surface area (Å²) < 4.78 is 33.9. The maximum atomic E-state index is 12.9. The molecule has 0 radical (unpaired) electrons. The largest absolute Gasteiger partial charge is 0.469 e. The maximum absolute atomic E-state index is 12.9. The van der Waals surface area contributed by atoms with Gasteiger partial charge in [-0.2, -0.15) is 4.72 Å². The number of hydrogen-bond donors (Lipinski definition) is 2. The fraction of sp³-hybridized carbons (Fsp3) is 0.500. The first-order valence-corrected chi connectivity index (χ1v) is 12.6. The number of halogens is 1. The second-order valence-corrected chi connectivity index (χ2v) is 10.6. The van der Waals surface area contributed by atoms with E-state index in [1.807, 2.05) is 19.1 Å². The predicted octanol–water partition coefficient (Wildman–Crippen LogP) is 2.94. The summed E-state index contributed by atoms with van der Waals surface area (Å²) >= 11 is 5.96. The molecule has 7 nitrogen and oxygen atoms in total. The first kappa shape index (κ1) is 22.3. The molecule has 0 aliphatic carbocycles. The molecule has 2 saturated heterocycles. The van der Waals surface area contributed by atoms with Crippen LogP contribution in [0.3, 0.4) is 0 Å². The fourth-order valence-corrected chi connectivity index (χ4v) is 6.89. The van der Waals surface area contributed by atoms with Gasteiger partial charge in [-0.05, 0) is 42.7 Å². The Kier molecular flexibility index (Phi) is 6.71. The van der Waals surface area contributed by atoms with E-state index in [-0.39, 0.29) is 23.9 Å². The minimum absolute atomic E-state index is 0.0479. The van der Waals surface area contributed by atoms with Crippen molar-refractivity contribution < 1.29 is 17.6 Å². The number of nitrogens with one attached hydrogen (secondary N) is 2. The molecule has 2 fully saturated rings. The SMILES string of the molecule is CC1C(N2CCC(C(=O)NCCc3ccco3)CC2)NS(=O)(=O)C1c1ccc(Cl)cc1. The van der Waals surface area contributed by atoms with Gasteiger partial charge in [0.1, 0.15) is 11.0 Å². The Labute approximate surface area is 188 Å².